The number of aryl methyl sites for hydroxylation is 1. The Morgan fingerprint density at radius 3 is 2.71 bits per heavy atom. The van der Waals surface area contributed by atoms with E-state index in [0.29, 0.717) is 17.1 Å². The number of halogens is 1. The first-order chi connectivity index (χ1) is 15.0. The first-order valence-electron chi connectivity index (χ1n) is 10.4. The van der Waals surface area contributed by atoms with Gasteiger partial charge in [0.1, 0.15) is 0 Å². The number of aromatic nitrogens is 3. The molecule has 2 aromatic heterocycles. The van der Waals surface area contributed by atoms with E-state index in [1.54, 1.807) is 4.90 Å². The van der Waals surface area contributed by atoms with Crippen molar-refractivity contribution in [3.05, 3.63) is 82.6 Å². The maximum atomic E-state index is 13.5. The third-order valence-corrected chi connectivity index (χ3v) is 5.70. The number of benzene rings is 2. The molecule has 2 aromatic carbocycles. The molecule has 0 aliphatic rings. The highest BCUT2D eigenvalue weighted by atomic mass is 35.5. The van der Waals surface area contributed by atoms with Crippen molar-refractivity contribution in [1.82, 2.24) is 19.7 Å². The van der Waals surface area contributed by atoms with Crippen LogP contribution in [0.5, 0.6) is 0 Å². The Morgan fingerprint density at radius 1 is 1.13 bits per heavy atom. The Labute approximate surface area is 187 Å². The molecule has 0 fully saturated rings. The average Bonchev–Trinajstić information content (AvgIpc) is 3.12. The Bertz CT molecular complexity index is 1250. The third kappa shape index (κ3) is 4.32. The molecule has 6 heteroatoms. The van der Waals surface area contributed by atoms with Crippen molar-refractivity contribution in [2.75, 3.05) is 7.05 Å². The second-order valence-electron chi connectivity index (χ2n) is 7.72. The van der Waals surface area contributed by atoms with E-state index in [1.165, 1.54) is 0 Å². The molecule has 0 spiro atoms. The third-order valence-electron chi connectivity index (χ3n) is 5.46. The van der Waals surface area contributed by atoms with Gasteiger partial charge in [-0.3, -0.25) is 9.48 Å². The normalized spacial score (nSPS) is 11.1. The van der Waals surface area contributed by atoms with Crippen molar-refractivity contribution in [1.29, 1.82) is 0 Å². The fourth-order valence-electron chi connectivity index (χ4n) is 3.76. The molecule has 0 unspecified atom stereocenters. The molecule has 0 radical (unpaired) electrons. The predicted octanol–water partition coefficient (Wildman–Crippen LogP) is 5.74. The van der Waals surface area contributed by atoms with Crippen LogP contribution in [0.3, 0.4) is 0 Å². The number of para-hydroxylation sites is 1. The standard InChI is InChI=1S/C25H25ClN4O/c1-4-12-30-17(2)19(15-27-30)16-29(3)25(31)22-14-24(18-8-7-9-20(26)13-18)28-23-11-6-5-10-21(22)23/h5-11,13-15H,4,12,16H2,1-3H3. The van der Waals surface area contributed by atoms with Gasteiger partial charge in [-0.05, 0) is 37.6 Å². The van der Waals surface area contributed by atoms with Gasteiger partial charge in [0.15, 0.2) is 0 Å². The average molecular weight is 433 g/mol. The lowest BCUT2D eigenvalue weighted by Gasteiger charge is -2.19. The van der Waals surface area contributed by atoms with Gasteiger partial charge in [0.2, 0.25) is 0 Å². The minimum absolute atomic E-state index is 0.0514. The van der Waals surface area contributed by atoms with E-state index in [1.807, 2.05) is 72.5 Å². The zero-order chi connectivity index (χ0) is 22.0. The fourth-order valence-corrected chi connectivity index (χ4v) is 3.95. The highest BCUT2D eigenvalue weighted by molar-refractivity contribution is 6.30. The van der Waals surface area contributed by atoms with E-state index in [2.05, 4.69) is 18.9 Å². The van der Waals surface area contributed by atoms with Crippen LogP contribution in [0.25, 0.3) is 22.2 Å². The molecule has 2 heterocycles. The summed E-state index contributed by atoms with van der Waals surface area (Å²) in [5, 5.41) is 5.93. The van der Waals surface area contributed by atoms with Crippen LogP contribution in [0.1, 0.15) is 35.0 Å². The molecule has 31 heavy (non-hydrogen) atoms. The SMILES string of the molecule is CCCn1ncc(CN(C)C(=O)c2cc(-c3cccc(Cl)c3)nc3ccccc23)c1C. The van der Waals surface area contributed by atoms with Crippen LogP contribution in [0.4, 0.5) is 0 Å². The first-order valence-corrected chi connectivity index (χ1v) is 10.8. The van der Waals surface area contributed by atoms with Gasteiger partial charge in [0, 0.05) is 47.4 Å². The van der Waals surface area contributed by atoms with Gasteiger partial charge < -0.3 is 4.90 Å². The lowest BCUT2D eigenvalue weighted by molar-refractivity contribution is 0.0787. The molecule has 158 valence electrons. The number of carbonyl (C=O) groups is 1. The van der Waals surface area contributed by atoms with Gasteiger partial charge in [-0.15, -0.1) is 0 Å². The zero-order valence-corrected chi connectivity index (χ0v) is 18.7. The number of nitrogens with zero attached hydrogens (tertiary/aromatic N) is 4. The smallest absolute Gasteiger partial charge is 0.254 e. The largest absolute Gasteiger partial charge is 0.337 e. The van der Waals surface area contributed by atoms with Crippen LogP contribution >= 0.6 is 11.6 Å². The Morgan fingerprint density at radius 2 is 1.94 bits per heavy atom. The van der Waals surface area contributed by atoms with Gasteiger partial charge in [-0.25, -0.2) is 4.98 Å². The monoisotopic (exact) mass is 432 g/mol. The first kappa shape index (κ1) is 21.1. The van der Waals surface area contributed by atoms with Crippen molar-refractivity contribution in [2.24, 2.45) is 0 Å². The van der Waals surface area contributed by atoms with Crippen LogP contribution < -0.4 is 0 Å². The summed E-state index contributed by atoms with van der Waals surface area (Å²) in [7, 11) is 1.83. The summed E-state index contributed by atoms with van der Waals surface area (Å²) in [6.45, 7) is 5.55. The molecule has 0 bridgehead atoms. The summed E-state index contributed by atoms with van der Waals surface area (Å²) < 4.78 is 1.99. The van der Waals surface area contributed by atoms with Crippen molar-refractivity contribution >= 4 is 28.4 Å². The Kier molecular flexibility index (Phi) is 6.05. The number of amides is 1. The van der Waals surface area contributed by atoms with E-state index in [-0.39, 0.29) is 5.91 Å². The summed E-state index contributed by atoms with van der Waals surface area (Å²) in [6, 6.07) is 17.1. The summed E-state index contributed by atoms with van der Waals surface area (Å²) >= 11 is 6.18. The van der Waals surface area contributed by atoms with Crippen LogP contribution in [-0.2, 0) is 13.1 Å². The molecule has 0 saturated heterocycles. The van der Waals surface area contributed by atoms with Crippen LogP contribution in [-0.4, -0.2) is 32.6 Å². The second-order valence-corrected chi connectivity index (χ2v) is 8.16. The maximum absolute atomic E-state index is 13.5. The minimum Gasteiger partial charge on any atom is -0.337 e. The minimum atomic E-state index is -0.0514. The van der Waals surface area contributed by atoms with Gasteiger partial charge in [-0.2, -0.15) is 5.10 Å². The highest BCUT2D eigenvalue weighted by Gasteiger charge is 2.19. The second kappa shape index (κ2) is 8.90. The summed E-state index contributed by atoms with van der Waals surface area (Å²) in [6.07, 6.45) is 2.88. The number of hydrogen-bond donors (Lipinski definition) is 0. The molecule has 0 aliphatic carbocycles. The van der Waals surface area contributed by atoms with E-state index < -0.39 is 0 Å². The van der Waals surface area contributed by atoms with Crippen molar-refractivity contribution in [2.45, 2.75) is 33.4 Å². The highest BCUT2D eigenvalue weighted by Crippen LogP contribution is 2.27. The van der Waals surface area contributed by atoms with Gasteiger partial charge in [0.05, 0.1) is 23.0 Å². The molecule has 0 aliphatic heterocycles. The Hall–Kier alpha value is -3.18. The van der Waals surface area contributed by atoms with Gasteiger partial charge >= 0.3 is 0 Å². The predicted molar refractivity (Wildman–Crippen MR) is 125 cm³/mol. The molecule has 0 N–H and O–H groups in total. The van der Waals surface area contributed by atoms with E-state index in [4.69, 9.17) is 16.6 Å². The molecule has 4 rings (SSSR count). The molecule has 0 atom stereocenters. The quantitative estimate of drug-likeness (QED) is 0.390. The lowest BCUT2D eigenvalue weighted by atomic mass is 10.0. The molecular weight excluding hydrogens is 408 g/mol. The molecule has 0 saturated carbocycles. The van der Waals surface area contributed by atoms with E-state index in [0.717, 1.165) is 46.4 Å². The fraction of sp³-hybridized carbons (Fsp3) is 0.240. The van der Waals surface area contributed by atoms with Crippen molar-refractivity contribution < 1.29 is 4.79 Å². The molecule has 1 amide bonds. The van der Waals surface area contributed by atoms with Gasteiger partial charge in [-0.1, -0.05) is 48.9 Å². The van der Waals surface area contributed by atoms with Crippen molar-refractivity contribution in [3.8, 4) is 11.3 Å². The van der Waals surface area contributed by atoms with Crippen LogP contribution in [0.15, 0.2) is 60.8 Å². The molecular formula is C25H25ClN4O. The Balaban J connectivity index is 1.71. The van der Waals surface area contributed by atoms with Gasteiger partial charge in [0.25, 0.3) is 5.91 Å². The molecule has 4 aromatic rings. The number of fused-ring (bicyclic) bond motifs is 1. The van der Waals surface area contributed by atoms with E-state index >= 15 is 0 Å². The number of pyridine rings is 1. The summed E-state index contributed by atoms with van der Waals surface area (Å²) in [4.78, 5) is 20.0. The lowest BCUT2D eigenvalue weighted by Crippen LogP contribution is -2.26. The number of hydrogen-bond acceptors (Lipinski definition) is 3. The zero-order valence-electron chi connectivity index (χ0n) is 18.0. The van der Waals surface area contributed by atoms with Crippen LogP contribution in [0.2, 0.25) is 5.02 Å². The van der Waals surface area contributed by atoms with Crippen LogP contribution in [0, 0.1) is 6.92 Å². The van der Waals surface area contributed by atoms with E-state index in [9.17, 15) is 4.79 Å². The maximum Gasteiger partial charge on any atom is 0.254 e. The summed E-state index contributed by atoms with van der Waals surface area (Å²) in [5.74, 6) is -0.0514. The number of carbonyl (C=O) groups excluding carboxylic acids is 1. The number of rotatable bonds is 6. The summed E-state index contributed by atoms with van der Waals surface area (Å²) in [5.41, 5.74) is 5.17. The topological polar surface area (TPSA) is 51.0 Å². The van der Waals surface area contributed by atoms with Crippen molar-refractivity contribution in [3.63, 3.8) is 0 Å². The molecule has 5 nitrogen and oxygen atoms in total.